The second-order valence-corrected chi connectivity index (χ2v) is 4.97. The SMILES string of the molecule is CCCCc1ccc(/C=C/C=C/c2ccccc2)cc1. The maximum atomic E-state index is 2.23. The zero-order valence-electron chi connectivity index (χ0n) is 12.1. The molecule has 0 nitrogen and oxygen atoms in total. The fourth-order valence-electron chi connectivity index (χ4n) is 2.07. The Morgan fingerprint density at radius 1 is 0.750 bits per heavy atom. The lowest BCUT2D eigenvalue weighted by atomic mass is 10.1. The second kappa shape index (κ2) is 8.16. The highest BCUT2D eigenvalue weighted by Gasteiger charge is 1.91. The lowest BCUT2D eigenvalue weighted by Crippen LogP contribution is -1.83. The Labute approximate surface area is 122 Å². The van der Waals surface area contributed by atoms with E-state index >= 15 is 0 Å². The highest BCUT2D eigenvalue weighted by molar-refractivity contribution is 5.57. The Balaban J connectivity index is 1.89. The van der Waals surface area contributed by atoms with Crippen LogP contribution in [0.1, 0.15) is 36.5 Å². The van der Waals surface area contributed by atoms with Crippen molar-refractivity contribution in [2.75, 3.05) is 0 Å². The summed E-state index contributed by atoms with van der Waals surface area (Å²) >= 11 is 0. The van der Waals surface area contributed by atoms with Gasteiger partial charge in [-0.3, -0.25) is 0 Å². The Morgan fingerprint density at radius 3 is 1.95 bits per heavy atom. The van der Waals surface area contributed by atoms with Gasteiger partial charge in [0.25, 0.3) is 0 Å². The molecule has 0 heteroatoms. The van der Waals surface area contributed by atoms with E-state index in [1.54, 1.807) is 0 Å². The van der Waals surface area contributed by atoms with Crippen LogP contribution in [0, 0.1) is 0 Å². The van der Waals surface area contributed by atoms with Crippen LogP contribution in [0.4, 0.5) is 0 Å². The summed E-state index contributed by atoms with van der Waals surface area (Å²) < 4.78 is 0. The second-order valence-electron chi connectivity index (χ2n) is 4.97. The monoisotopic (exact) mass is 262 g/mol. The molecule has 0 atom stereocenters. The molecule has 2 aromatic carbocycles. The number of rotatable bonds is 6. The van der Waals surface area contributed by atoms with Crippen molar-refractivity contribution < 1.29 is 0 Å². The number of allylic oxidation sites excluding steroid dienone is 2. The normalized spacial score (nSPS) is 11.4. The fraction of sp³-hybridized carbons (Fsp3) is 0.200. The van der Waals surface area contributed by atoms with Crippen LogP contribution in [0.25, 0.3) is 12.2 Å². The highest BCUT2D eigenvalue weighted by Crippen LogP contribution is 2.09. The first-order valence-electron chi connectivity index (χ1n) is 7.37. The predicted octanol–water partition coefficient (Wildman–Crippen LogP) is 5.76. The van der Waals surface area contributed by atoms with Gasteiger partial charge in [0, 0.05) is 0 Å². The van der Waals surface area contributed by atoms with Crippen LogP contribution in [-0.2, 0) is 6.42 Å². The van der Waals surface area contributed by atoms with Gasteiger partial charge in [-0.15, -0.1) is 0 Å². The smallest absolute Gasteiger partial charge is 0.0256 e. The van der Waals surface area contributed by atoms with Crippen molar-refractivity contribution in [2.24, 2.45) is 0 Å². The first-order chi connectivity index (χ1) is 9.88. The van der Waals surface area contributed by atoms with Gasteiger partial charge in [0.1, 0.15) is 0 Å². The summed E-state index contributed by atoms with van der Waals surface area (Å²) in [4.78, 5) is 0. The summed E-state index contributed by atoms with van der Waals surface area (Å²) in [5.41, 5.74) is 3.92. The zero-order valence-corrected chi connectivity index (χ0v) is 12.1. The van der Waals surface area contributed by atoms with E-state index in [4.69, 9.17) is 0 Å². The molecule has 0 saturated carbocycles. The van der Waals surface area contributed by atoms with Crippen molar-refractivity contribution in [1.29, 1.82) is 0 Å². The maximum Gasteiger partial charge on any atom is -0.0256 e. The summed E-state index contributed by atoms with van der Waals surface area (Å²) in [5, 5.41) is 0. The minimum Gasteiger partial charge on any atom is -0.0654 e. The van der Waals surface area contributed by atoms with E-state index in [9.17, 15) is 0 Å². The molecule has 0 bridgehead atoms. The van der Waals surface area contributed by atoms with Crippen LogP contribution in [0.2, 0.25) is 0 Å². The average Bonchev–Trinajstić information content (AvgIpc) is 2.52. The van der Waals surface area contributed by atoms with Gasteiger partial charge in [0.15, 0.2) is 0 Å². The summed E-state index contributed by atoms with van der Waals surface area (Å²) in [6.45, 7) is 2.23. The molecule has 0 unspecified atom stereocenters. The van der Waals surface area contributed by atoms with Crippen molar-refractivity contribution in [1.82, 2.24) is 0 Å². The molecular weight excluding hydrogens is 240 g/mol. The first-order valence-corrected chi connectivity index (χ1v) is 7.37. The molecule has 0 fully saturated rings. The van der Waals surface area contributed by atoms with Crippen LogP contribution in [0.5, 0.6) is 0 Å². The van der Waals surface area contributed by atoms with Gasteiger partial charge in [-0.2, -0.15) is 0 Å². The van der Waals surface area contributed by atoms with Crippen LogP contribution >= 0.6 is 0 Å². The van der Waals surface area contributed by atoms with Crippen molar-refractivity contribution >= 4 is 12.2 Å². The van der Waals surface area contributed by atoms with E-state index in [2.05, 4.69) is 79.8 Å². The quantitative estimate of drug-likeness (QED) is 0.581. The number of hydrogen-bond donors (Lipinski definition) is 0. The summed E-state index contributed by atoms with van der Waals surface area (Å²) in [6.07, 6.45) is 12.2. The van der Waals surface area contributed by atoms with Gasteiger partial charge in [-0.05, 0) is 29.5 Å². The van der Waals surface area contributed by atoms with Gasteiger partial charge < -0.3 is 0 Å². The molecule has 0 heterocycles. The summed E-state index contributed by atoms with van der Waals surface area (Å²) in [5.74, 6) is 0. The van der Waals surface area contributed by atoms with Crippen LogP contribution in [0.15, 0.2) is 66.7 Å². The van der Waals surface area contributed by atoms with E-state index in [-0.39, 0.29) is 0 Å². The first kappa shape index (κ1) is 14.3. The van der Waals surface area contributed by atoms with Crippen molar-refractivity contribution in [3.63, 3.8) is 0 Å². The van der Waals surface area contributed by atoms with E-state index in [0.29, 0.717) is 0 Å². The average molecular weight is 262 g/mol. The van der Waals surface area contributed by atoms with Crippen molar-refractivity contribution in [2.45, 2.75) is 26.2 Å². The van der Waals surface area contributed by atoms with E-state index in [1.165, 1.54) is 36.0 Å². The Kier molecular flexibility index (Phi) is 5.85. The van der Waals surface area contributed by atoms with Crippen LogP contribution < -0.4 is 0 Å². The molecule has 0 saturated heterocycles. The van der Waals surface area contributed by atoms with Gasteiger partial charge in [-0.25, -0.2) is 0 Å². The minimum atomic E-state index is 1.19. The molecule has 0 aliphatic carbocycles. The molecule has 0 aromatic heterocycles. The van der Waals surface area contributed by atoms with Gasteiger partial charge in [-0.1, -0.05) is 92.2 Å². The molecular formula is C20H22. The highest BCUT2D eigenvalue weighted by atomic mass is 14.0. The lowest BCUT2D eigenvalue weighted by Gasteiger charge is -2.00. The molecule has 0 radical (unpaired) electrons. The van der Waals surface area contributed by atoms with Gasteiger partial charge >= 0.3 is 0 Å². The minimum absolute atomic E-state index is 1.19. The van der Waals surface area contributed by atoms with Crippen molar-refractivity contribution in [3.8, 4) is 0 Å². The standard InChI is InChI=1S/C20H22/c1-2-3-9-19-14-16-20(17-15-19)13-8-7-12-18-10-5-4-6-11-18/h4-8,10-17H,2-3,9H2,1H3/b12-7+,13-8+. The van der Waals surface area contributed by atoms with E-state index < -0.39 is 0 Å². The number of benzene rings is 2. The predicted molar refractivity (Wildman–Crippen MR) is 89.6 cm³/mol. The fourth-order valence-corrected chi connectivity index (χ4v) is 2.07. The van der Waals surface area contributed by atoms with Gasteiger partial charge in [0.2, 0.25) is 0 Å². The molecule has 102 valence electrons. The lowest BCUT2D eigenvalue weighted by molar-refractivity contribution is 0.795. The summed E-state index contributed by atoms with van der Waals surface area (Å²) in [7, 11) is 0. The maximum absolute atomic E-state index is 2.23. The molecule has 0 aliphatic heterocycles. The summed E-state index contributed by atoms with van der Waals surface area (Å²) in [6, 6.07) is 19.2. The van der Waals surface area contributed by atoms with E-state index in [1.807, 2.05) is 6.07 Å². The third-order valence-electron chi connectivity index (χ3n) is 3.29. The molecule has 0 aliphatic rings. The third-order valence-corrected chi connectivity index (χ3v) is 3.29. The van der Waals surface area contributed by atoms with Crippen LogP contribution in [-0.4, -0.2) is 0 Å². The molecule has 0 N–H and O–H groups in total. The Bertz CT molecular complexity index is 544. The van der Waals surface area contributed by atoms with E-state index in [0.717, 1.165) is 0 Å². The largest absolute Gasteiger partial charge is 0.0654 e. The molecule has 2 aromatic rings. The van der Waals surface area contributed by atoms with Crippen LogP contribution in [0.3, 0.4) is 0 Å². The topological polar surface area (TPSA) is 0 Å². The van der Waals surface area contributed by atoms with Gasteiger partial charge in [0.05, 0.1) is 0 Å². The molecule has 0 amide bonds. The number of unbranched alkanes of at least 4 members (excludes halogenated alkanes) is 1. The van der Waals surface area contributed by atoms with Crippen molar-refractivity contribution in [3.05, 3.63) is 83.4 Å². The third kappa shape index (κ3) is 4.89. The Morgan fingerprint density at radius 2 is 1.35 bits per heavy atom. The zero-order chi connectivity index (χ0) is 14.0. The number of aryl methyl sites for hydroxylation is 1. The Hall–Kier alpha value is -2.08. The number of hydrogen-bond acceptors (Lipinski definition) is 0. The molecule has 20 heavy (non-hydrogen) atoms. The molecule has 2 rings (SSSR count). The molecule has 0 spiro atoms.